The van der Waals surface area contributed by atoms with Crippen molar-refractivity contribution in [2.45, 2.75) is 66.3 Å². The number of aromatic nitrogens is 1. The largest absolute Gasteiger partial charge is 1.00 e. The number of rotatable bonds is 11. The van der Waals surface area contributed by atoms with Gasteiger partial charge in [-0.1, -0.05) is 58.0 Å². The van der Waals surface area contributed by atoms with Crippen molar-refractivity contribution >= 4 is 41.7 Å². The maximum atomic E-state index is 13.3. The fourth-order valence-electron chi connectivity index (χ4n) is 5.40. The number of nitrogens with one attached hydrogen (secondary N) is 2. The fraction of sp³-hybridized carbons (Fsp3) is 0.410. The first-order valence-corrected chi connectivity index (χ1v) is 17.4. The van der Waals surface area contributed by atoms with E-state index in [0.29, 0.717) is 29.3 Å². The SMILES string of the molecule is CC.CC(C)C=O.C[N-]n1c(C2CCN(C)CC2)cc(-c2ccc(NC(=O)/C(C=O)=C/N(C(=O)N(C)c3ccccc3)C(C)C)cc2)c1C(=N)N.[K+]. The van der Waals surface area contributed by atoms with E-state index in [2.05, 4.69) is 28.8 Å². The zero-order chi connectivity index (χ0) is 38.2. The Morgan fingerprint density at radius 2 is 1.56 bits per heavy atom. The number of amides is 3. The van der Waals surface area contributed by atoms with E-state index in [9.17, 15) is 19.2 Å². The third-order valence-electron chi connectivity index (χ3n) is 8.20. The second kappa shape index (κ2) is 23.2. The number of piperidine rings is 1. The van der Waals surface area contributed by atoms with Crippen molar-refractivity contribution in [3.8, 4) is 11.1 Å². The molecule has 0 aliphatic carbocycles. The van der Waals surface area contributed by atoms with E-state index in [-0.39, 0.29) is 80.8 Å². The van der Waals surface area contributed by atoms with Crippen LogP contribution < -0.4 is 67.3 Å². The molecule has 1 saturated heterocycles. The Morgan fingerprint density at radius 3 is 2.02 bits per heavy atom. The quantitative estimate of drug-likeness (QED) is 0.0516. The molecule has 12 nitrogen and oxygen atoms in total. The van der Waals surface area contributed by atoms with Crippen molar-refractivity contribution in [1.82, 2.24) is 14.5 Å². The van der Waals surface area contributed by atoms with E-state index < -0.39 is 5.91 Å². The number of carbonyl (C=O) groups excluding carboxylic acids is 4. The van der Waals surface area contributed by atoms with Crippen LogP contribution in [0.2, 0.25) is 0 Å². The molecule has 52 heavy (non-hydrogen) atoms. The number of aldehydes is 2. The summed E-state index contributed by atoms with van der Waals surface area (Å²) in [4.78, 5) is 53.0. The Bertz CT molecular complexity index is 1630. The number of hydrogen-bond donors (Lipinski definition) is 3. The summed E-state index contributed by atoms with van der Waals surface area (Å²) in [5.41, 5.74) is 14.6. The van der Waals surface area contributed by atoms with Crippen LogP contribution in [-0.4, -0.2) is 85.1 Å². The molecular weight excluding hydrogens is 684 g/mol. The Balaban J connectivity index is 0.00000155. The molecule has 0 unspecified atom stereocenters. The topological polar surface area (TPSA) is 159 Å². The predicted molar refractivity (Wildman–Crippen MR) is 207 cm³/mol. The van der Waals surface area contributed by atoms with Crippen LogP contribution in [0, 0.1) is 11.3 Å². The average Bonchev–Trinajstić information content (AvgIpc) is 3.53. The Labute approximate surface area is 352 Å². The van der Waals surface area contributed by atoms with Crippen molar-refractivity contribution < 1.29 is 70.6 Å². The number of hydrogen-bond acceptors (Lipinski definition) is 6. The van der Waals surface area contributed by atoms with E-state index in [1.165, 1.54) is 16.0 Å². The molecule has 0 atom stereocenters. The number of amidine groups is 1. The van der Waals surface area contributed by atoms with Crippen LogP contribution in [0.4, 0.5) is 16.2 Å². The third-order valence-corrected chi connectivity index (χ3v) is 8.20. The van der Waals surface area contributed by atoms with Gasteiger partial charge in [0.15, 0.2) is 6.29 Å². The maximum absolute atomic E-state index is 13.3. The van der Waals surface area contributed by atoms with Gasteiger partial charge >= 0.3 is 57.4 Å². The number of para-hydroxylation sites is 1. The normalized spacial score (nSPS) is 13.0. The minimum atomic E-state index is -0.640. The van der Waals surface area contributed by atoms with Gasteiger partial charge in [-0.3, -0.25) is 24.8 Å². The summed E-state index contributed by atoms with van der Waals surface area (Å²) in [5, 5.41) is 11.0. The zero-order valence-electron chi connectivity index (χ0n) is 32.5. The average molecular weight is 739 g/mol. The third kappa shape index (κ3) is 12.8. The summed E-state index contributed by atoms with van der Waals surface area (Å²) >= 11 is 0. The Hall–Kier alpha value is -3.59. The Morgan fingerprint density at radius 1 is 1.00 bits per heavy atom. The fourth-order valence-corrected chi connectivity index (χ4v) is 5.40. The van der Waals surface area contributed by atoms with Crippen LogP contribution in [0.25, 0.3) is 16.6 Å². The molecule has 0 bridgehead atoms. The molecule has 2 aromatic carbocycles. The molecule has 276 valence electrons. The summed E-state index contributed by atoms with van der Waals surface area (Å²) in [6, 6.07) is 17.6. The number of likely N-dealkylation sites (tertiary alicyclic amines) is 1. The summed E-state index contributed by atoms with van der Waals surface area (Å²) in [7, 11) is 5.45. The number of nitrogens with two attached hydrogens (primary N) is 1. The van der Waals surface area contributed by atoms with Gasteiger partial charge in [-0.05, 0) is 82.7 Å². The van der Waals surface area contributed by atoms with Gasteiger partial charge in [0.05, 0.1) is 11.3 Å². The van der Waals surface area contributed by atoms with Crippen LogP contribution in [0.1, 0.15) is 71.7 Å². The molecule has 1 aliphatic rings. The number of anilines is 2. The summed E-state index contributed by atoms with van der Waals surface area (Å²) < 4.78 is 1.78. The van der Waals surface area contributed by atoms with E-state index in [1.807, 2.05) is 58.0 Å². The molecule has 1 aliphatic heterocycles. The molecule has 0 spiro atoms. The second-order valence-electron chi connectivity index (χ2n) is 12.6. The smallest absolute Gasteiger partial charge is 0.619 e. The molecular formula is C39H55KN8O4. The second-order valence-corrected chi connectivity index (χ2v) is 12.6. The first-order valence-electron chi connectivity index (χ1n) is 17.4. The van der Waals surface area contributed by atoms with Crippen molar-refractivity contribution in [3.05, 3.63) is 89.3 Å². The minimum absolute atomic E-state index is 0. The van der Waals surface area contributed by atoms with Gasteiger partial charge in [-0.2, -0.15) is 0 Å². The van der Waals surface area contributed by atoms with Gasteiger partial charge in [0.1, 0.15) is 12.1 Å². The first-order chi connectivity index (χ1) is 24.3. The summed E-state index contributed by atoms with van der Waals surface area (Å²) in [6.07, 6.45) is 4.62. The van der Waals surface area contributed by atoms with Gasteiger partial charge in [0, 0.05) is 53.8 Å². The van der Waals surface area contributed by atoms with Gasteiger partial charge in [-0.25, -0.2) is 4.79 Å². The van der Waals surface area contributed by atoms with Crippen LogP contribution in [-0.2, 0) is 14.4 Å². The van der Waals surface area contributed by atoms with E-state index in [4.69, 9.17) is 11.1 Å². The monoisotopic (exact) mass is 738 g/mol. The molecule has 4 N–H and O–H groups in total. The number of carbonyl (C=O) groups is 4. The van der Waals surface area contributed by atoms with Gasteiger partial charge in [-0.15, -0.1) is 7.05 Å². The van der Waals surface area contributed by atoms with Crippen LogP contribution in [0.5, 0.6) is 0 Å². The number of nitrogens with zero attached hydrogens (tertiary/aromatic N) is 5. The van der Waals surface area contributed by atoms with Crippen LogP contribution in [0.3, 0.4) is 0 Å². The van der Waals surface area contributed by atoms with Crippen molar-refractivity contribution in [3.63, 3.8) is 0 Å². The summed E-state index contributed by atoms with van der Waals surface area (Å²) in [6.45, 7) is 13.3. The van der Waals surface area contributed by atoms with Crippen LogP contribution in [0.15, 0.2) is 72.4 Å². The molecule has 0 saturated carbocycles. The van der Waals surface area contributed by atoms with Crippen molar-refractivity contribution in [1.29, 1.82) is 5.41 Å². The van der Waals surface area contributed by atoms with Crippen LogP contribution >= 0.6 is 0 Å². The molecule has 3 aromatic rings. The first kappa shape index (κ1) is 46.4. The number of urea groups is 1. The molecule has 1 aromatic heterocycles. The van der Waals surface area contributed by atoms with Gasteiger partial charge in [0.2, 0.25) is 0 Å². The predicted octanol–water partition coefficient (Wildman–Crippen LogP) is 3.87. The standard InChI is InChI=1S/C33H41N8O3.C4H8O.C2H6.K/c1-22(2)40(33(44)39(5)27-9-7-6-8-10-27)20-25(21-42)32(43)37-26-13-11-23(12-14-26)28-19-29(24-15-17-38(4)18-16-24)41(36-3)30(28)31(34)35;1-4(2)3-5;1-2;/h6-14,19-22,24H,15-18H2,1-5H3,(H3,34,35)(H,37,43);3-4H,1-2H3;1-2H3;/q-1;;;+1/b25-20+;;;. The molecule has 2 heterocycles. The molecule has 13 heteroatoms. The van der Waals surface area contributed by atoms with Crippen molar-refractivity contribution in [2.24, 2.45) is 11.7 Å². The molecule has 4 rings (SSSR count). The van der Waals surface area contributed by atoms with E-state index in [0.717, 1.165) is 49.0 Å². The molecule has 0 radical (unpaired) electrons. The molecule has 3 amide bonds. The maximum Gasteiger partial charge on any atom is 1.00 e. The zero-order valence-corrected chi connectivity index (χ0v) is 35.6. The summed E-state index contributed by atoms with van der Waals surface area (Å²) in [5.74, 6) is -0.211. The molecule has 1 fully saturated rings. The minimum Gasteiger partial charge on any atom is -0.619 e. The number of benzene rings is 2. The van der Waals surface area contributed by atoms with Gasteiger partial charge < -0.3 is 30.8 Å². The van der Waals surface area contributed by atoms with Gasteiger partial charge in [0.25, 0.3) is 5.91 Å². The van der Waals surface area contributed by atoms with Crippen molar-refractivity contribution in [2.75, 3.05) is 44.4 Å². The van der Waals surface area contributed by atoms with E-state index in [1.54, 1.807) is 56.9 Å². The number of nitrogen functional groups attached to an aromatic ring is 1. The Kier molecular flexibility index (Phi) is 20.7. The van der Waals surface area contributed by atoms with E-state index >= 15 is 0 Å².